The van der Waals surface area contributed by atoms with E-state index >= 15 is 0 Å². The maximum absolute atomic E-state index is 13.1. The second-order valence-corrected chi connectivity index (χ2v) is 6.62. The molecule has 0 fully saturated rings. The van der Waals surface area contributed by atoms with E-state index in [0.29, 0.717) is 16.7 Å². The van der Waals surface area contributed by atoms with Crippen molar-refractivity contribution in [1.82, 2.24) is 4.98 Å². The lowest BCUT2D eigenvalue weighted by atomic mass is 9.83. The maximum atomic E-state index is 13.1. The lowest BCUT2D eigenvalue weighted by molar-refractivity contribution is -0.274. The second kappa shape index (κ2) is 7.33. The average Bonchev–Trinajstić information content (AvgIpc) is 3.11. The molecule has 1 aliphatic heterocycles. The van der Waals surface area contributed by atoms with Crippen molar-refractivity contribution in [3.63, 3.8) is 0 Å². The molecule has 1 aromatic heterocycles. The average molecular weight is 417 g/mol. The number of hydrogen-bond donors (Lipinski definition) is 1. The summed E-state index contributed by atoms with van der Waals surface area (Å²) < 4.78 is 59.9. The monoisotopic (exact) mass is 417 g/mol. The topological polar surface area (TPSA) is 69.7 Å². The molecule has 0 bridgehead atoms. The number of aliphatic imine (C=N–C) groups is 1. The molecule has 154 valence electrons. The number of hydrogen-bond acceptors (Lipinski definition) is 5. The van der Waals surface area contributed by atoms with Crippen LogP contribution in [0.4, 0.5) is 17.6 Å². The minimum Gasteiger partial charge on any atom is -0.462 e. The molecule has 0 spiro atoms. The van der Waals surface area contributed by atoms with E-state index in [2.05, 4.69) is 14.7 Å². The van der Waals surface area contributed by atoms with Gasteiger partial charge in [0.1, 0.15) is 12.4 Å². The SMILES string of the molecule is NC1=N[C@@](c2ccc(OC(F)(F)F)cc2)(c2cccc(-c3ccc(F)nc3)c2)CO1. The highest BCUT2D eigenvalue weighted by Crippen LogP contribution is 2.39. The Morgan fingerprint density at radius 2 is 1.73 bits per heavy atom. The van der Waals surface area contributed by atoms with Crippen LogP contribution >= 0.6 is 0 Å². The Bertz CT molecular complexity index is 1080. The maximum Gasteiger partial charge on any atom is 0.573 e. The Morgan fingerprint density at radius 1 is 0.967 bits per heavy atom. The molecule has 5 nitrogen and oxygen atoms in total. The summed E-state index contributed by atoms with van der Waals surface area (Å²) >= 11 is 0. The van der Waals surface area contributed by atoms with E-state index in [9.17, 15) is 17.6 Å². The lowest BCUT2D eigenvalue weighted by Gasteiger charge is -2.26. The van der Waals surface area contributed by atoms with Crippen LogP contribution in [0, 0.1) is 5.95 Å². The summed E-state index contributed by atoms with van der Waals surface area (Å²) in [5.41, 5.74) is 7.45. The standard InChI is InChI=1S/C21H15F4N3O2/c22-18-9-4-14(11-27-18)13-2-1-3-16(10-13)20(12-29-19(26)28-20)15-5-7-17(8-6-15)30-21(23,24)25/h1-11H,12H2,(H2,26,28)/t20-/m0/s1. The zero-order valence-corrected chi connectivity index (χ0v) is 15.4. The molecule has 9 heteroatoms. The van der Waals surface area contributed by atoms with E-state index in [4.69, 9.17) is 10.5 Å². The van der Waals surface area contributed by atoms with Crippen molar-refractivity contribution >= 4 is 6.02 Å². The van der Waals surface area contributed by atoms with Crippen LogP contribution in [0.1, 0.15) is 11.1 Å². The predicted molar refractivity (Wildman–Crippen MR) is 101 cm³/mol. The molecule has 2 heterocycles. The highest BCUT2D eigenvalue weighted by atomic mass is 19.4. The summed E-state index contributed by atoms with van der Waals surface area (Å²) in [5, 5.41) is 0. The van der Waals surface area contributed by atoms with Gasteiger partial charge in [-0.15, -0.1) is 13.2 Å². The third kappa shape index (κ3) is 3.91. The van der Waals surface area contributed by atoms with Gasteiger partial charge < -0.3 is 15.2 Å². The number of ether oxygens (including phenoxy) is 2. The molecule has 0 saturated carbocycles. The van der Waals surface area contributed by atoms with Crippen LogP contribution in [0.25, 0.3) is 11.1 Å². The van der Waals surface area contributed by atoms with Crippen molar-refractivity contribution in [3.05, 3.63) is 83.9 Å². The summed E-state index contributed by atoms with van der Waals surface area (Å²) in [4.78, 5) is 8.11. The zero-order valence-electron chi connectivity index (χ0n) is 15.4. The summed E-state index contributed by atoms with van der Waals surface area (Å²) in [6, 6.07) is 15.5. The fraction of sp³-hybridized carbons (Fsp3) is 0.143. The summed E-state index contributed by atoms with van der Waals surface area (Å²) in [6.07, 6.45) is -3.37. The van der Waals surface area contributed by atoms with Gasteiger partial charge in [-0.1, -0.05) is 30.3 Å². The van der Waals surface area contributed by atoms with E-state index in [-0.39, 0.29) is 18.4 Å². The molecule has 1 aliphatic rings. The summed E-state index contributed by atoms with van der Waals surface area (Å²) in [6.45, 7) is 0.0728. The van der Waals surface area contributed by atoms with Crippen LogP contribution in [0.5, 0.6) is 5.75 Å². The third-order valence-electron chi connectivity index (χ3n) is 4.70. The Balaban J connectivity index is 1.75. The number of aromatic nitrogens is 1. The van der Waals surface area contributed by atoms with Gasteiger partial charge in [0.25, 0.3) is 6.02 Å². The molecule has 1 atom stereocenters. The molecule has 0 unspecified atom stereocenters. The van der Waals surface area contributed by atoms with E-state index in [1.807, 2.05) is 18.2 Å². The van der Waals surface area contributed by atoms with Gasteiger partial charge in [0.05, 0.1) is 0 Å². The quantitative estimate of drug-likeness (QED) is 0.506. The Kier molecular flexibility index (Phi) is 4.81. The van der Waals surface area contributed by atoms with Crippen LogP contribution in [-0.4, -0.2) is 24.0 Å². The van der Waals surface area contributed by atoms with Crippen LogP contribution in [0.15, 0.2) is 71.9 Å². The van der Waals surface area contributed by atoms with E-state index in [1.165, 1.54) is 36.5 Å². The molecule has 2 aromatic carbocycles. The third-order valence-corrected chi connectivity index (χ3v) is 4.70. The largest absolute Gasteiger partial charge is 0.573 e. The summed E-state index contributed by atoms with van der Waals surface area (Å²) in [5.74, 6) is -0.933. The Labute approximate surface area is 168 Å². The molecule has 0 radical (unpaired) electrons. The number of alkyl halides is 3. The first kappa shape index (κ1) is 19.7. The molecule has 0 saturated heterocycles. The van der Waals surface area contributed by atoms with Gasteiger partial charge in [-0.2, -0.15) is 4.39 Å². The number of amidine groups is 1. The highest BCUT2D eigenvalue weighted by Gasteiger charge is 2.40. The van der Waals surface area contributed by atoms with Crippen molar-refractivity contribution in [2.24, 2.45) is 10.7 Å². The molecule has 0 aliphatic carbocycles. The van der Waals surface area contributed by atoms with Crippen molar-refractivity contribution < 1.29 is 27.0 Å². The van der Waals surface area contributed by atoms with Gasteiger partial charge in [-0.05, 0) is 47.0 Å². The number of nitrogens with zero attached hydrogens (tertiary/aromatic N) is 2. The van der Waals surface area contributed by atoms with Gasteiger partial charge in [0, 0.05) is 11.8 Å². The van der Waals surface area contributed by atoms with Crippen LogP contribution in [-0.2, 0) is 10.3 Å². The first-order chi connectivity index (χ1) is 14.2. The predicted octanol–water partition coefficient (Wildman–Crippen LogP) is 4.37. The van der Waals surface area contributed by atoms with Gasteiger partial charge in [0.15, 0.2) is 5.54 Å². The second-order valence-electron chi connectivity index (χ2n) is 6.62. The normalized spacial score (nSPS) is 18.6. The molecule has 30 heavy (non-hydrogen) atoms. The first-order valence-corrected chi connectivity index (χ1v) is 8.82. The number of benzene rings is 2. The first-order valence-electron chi connectivity index (χ1n) is 8.82. The van der Waals surface area contributed by atoms with Gasteiger partial charge in [-0.3, -0.25) is 0 Å². The number of rotatable bonds is 4. The van der Waals surface area contributed by atoms with Crippen molar-refractivity contribution in [1.29, 1.82) is 0 Å². The van der Waals surface area contributed by atoms with Gasteiger partial charge >= 0.3 is 6.36 Å². The van der Waals surface area contributed by atoms with Crippen LogP contribution in [0.3, 0.4) is 0 Å². The van der Waals surface area contributed by atoms with Gasteiger partial charge in [0.2, 0.25) is 5.95 Å². The number of halogens is 4. The van der Waals surface area contributed by atoms with E-state index < -0.39 is 17.8 Å². The lowest BCUT2D eigenvalue weighted by Crippen LogP contribution is -2.27. The van der Waals surface area contributed by atoms with Crippen molar-refractivity contribution in [2.75, 3.05) is 6.61 Å². The van der Waals surface area contributed by atoms with E-state index in [1.54, 1.807) is 12.1 Å². The fourth-order valence-corrected chi connectivity index (χ4v) is 3.33. The number of pyridine rings is 1. The smallest absolute Gasteiger partial charge is 0.462 e. The number of nitrogens with two attached hydrogens (primary N) is 1. The van der Waals surface area contributed by atoms with Gasteiger partial charge in [-0.25, -0.2) is 9.98 Å². The fourth-order valence-electron chi connectivity index (χ4n) is 3.33. The molecule has 3 aromatic rings. The molecule has 2 N–H and O–H groups in total. The molecule has 4 rings (SSSR count). The summed E-state index contributed by atoms with van der Waals surface area (Å²) in [7, 11) is 0. The minimum atomic E-state index is -4.78. The van der Waals surface area contributed by atoms with E-state index in [0.717, 1.165) is 5.56 Å². The van der Waals surface area contributed by atoms with Crippen LogP contribution < -0.4 is 10.5 Å². The molecular formula is C21H15F4N3O2. The minimum absolute atomic E-state index is 0.0283. The van der Waals surface area contributed by atoms with Crippen molar-refractivity contribution in [2.45, 2.75) is 11.9 Å². The molecule has 0 amide bonds. The Morgan fingerprint density at radius 3 is 2.33 bits per heavy atom. The highest BCUT2D eigenvalue weighted by molar-refractivity contribution is 5.75. The van der Waals surface area contributed by atoms with Crippen molar-refractivity contribution in [3.8, 4) is 16.9 Å². The van der Waals surface area contributed by atoms with Crippen LogP contribution in [0.2, 0.25) is 0 Å². The zero-order chi connectivity index (χ0) is 21.4. The Hall–Kier alpha value is -3.62. The molecular weight excluding hydrogens is 402 g/mol.